The predicted molar refractivity (Wildman–Crippen MR) is 77.6 cm³/mol. The van der Waals surface area contributed by atoms with Crippen molar-refractivity contribution in [1.82, 2.24) is 9.78 Å². The van der Waals surface area contributed by atoms with E-state index in [9.17, 15) is 0 Å². The Morgan fingerprint density at radius 1 is 1.56 bits per heavy atom. The van der Waals surface area contributed by atoms with E-state index in [1.807, 2.05) is 7.05 Å². The van der Waals surface area contributed by atoms with Crippen LogP contribution in [0.3, 0.4) is 0 Å². The number of anilines is 1. The molecule has 3 nitrogen and oxygen atoms in total. The third-order valence-electron chi connectivity index (χ3n) is 2.53. The van der Waals surface area contributed by atoms with E-state index >= 15 is 0 Å². The van der Waals surface area contributed by atoms with Crippen LogP contribution >= 0.6 is 33.9 Å². The number of hydrogen-bond acceptors (Lipinski definition) is 3. The molecule has 0 aliphatic rings. The van der Waals surface area contributed by atoms with Gasteiger partial charge in [-0.15, -0.1) is 11.3 Å². The van der Waals surface area contributed by atoms with E-state index in [1.165, 1.54) is 14.0 Å². The summed E-state index contributed by atoms with van der Waals surface area (Å²) in [6, 6.07) is 2.16. The Morgan fingerprint density at radius 2 is 2.31 bits per heavy atom. The van der Waals surface area contributed by atoms with Gasteiger partial charge in [0.05, 0.1) is 8.58 Å². The highest BCUT2D eigenvalue weighted by molar-refractivity contribution is 14.1. The minimum atomic E-state index is 0.790. The van der Waals surface area contributed by atoms with Gasteiger partial charge in [0.2, 0.25) is 0 Å². The van der Waals surface area contributed by atoms with E-state index in [4.69, 9.17) is 5.73 Å². The van der Waals surface area contributed by atoms with Gasteiger partial charge in [0.15, 0.2) is 0 Å². The summed E-state index contributed by atoms with van der Waals surface area (Å²) < 4.78 is 3.05. The second-order valence-electron chi connectivity index (χ2n) is 3.73. The quantitative estimate of drug-likeness (QED) is 0.866. The predicted octanol–water partition coefficient (Wildman–Crippen LogP) is 3.29. The van der Waals surface area contributed by atoms with E-state index in [0.717, 1.165) is 24.4 Å². The summed E-state index contributed by atoms with van der Waals surface area (Å²) in [6.45, 7) is 2.16. The fraction of sp³-hybridized carbons (Fsp3) is 0.364. The molecule has 0 atom stereocenters. The topological polar surface area (TPSA) is 43.8 Å². The molecule has 2 rings (SSSR count). The van der Waals surface area contributed by atoms with Crippen molar-refractivity contribution >= 4 is 39.7 Å². The first-order valence-electron chi connectivity index (χ1n) is 5.19. The average Bonchev–Trinajstić information content (AvgIpc) is 2.78. The highest BCUT2D eigenvalue weighted by Crippen LogP contribution is 2.31. The summed E-state index contributed by atoms with van der Waals surface area (Å²) in [4.78, 5) is 0. The van der Waals surface area contributed by atoms with Crippen LogP contribution in [0.5, 0.6) is 0 Å². The number of aromatic nitrogens is 2. The molecule has 0 bridgehead atoms. The van der Waals surface area contributed by atoms with Crippen LogP contribution in [0, 0.1) is 2.88 Å². The van der Waals surface area contributed by atoms with Crippen LogP contribution < -0.4 is 5.73 Å². The number of nitrogens with two attached hydrogens (primary N) is 1. The van der Waals surface area contributed by atoms with Crippen molar-refractivity contribution in [3.63, 3.8) is 0 Å². The summed E-state index contributed by atoms with van der Waals surface area (Å²) in [6.07, 6.45) is 2.07. The van der Waals surface area contributed by atoms with E-state index in [-0.39, 0.29) is 0 Å². The largest absolute Gasteiger partial charge is 0.384 e. The molecule has 2 aromatic rings. The summed E-state index contributed by atoms with van der Waals surface area (Å²) in [5, 5.41) is 6.65. The zero-order valence-electron chi connectivity index (χ0n) is 9.33. The van der Waals surface area contributed by atoms with Gasteiger partial charge >= 0.3 is 0 Å². The molecule has 0 fully saturated rings. The molecule has 0 spiro atoms. The normalized spacial score (nSPS) is 10.9. The molecule has 0 aliphatic heterocycles. The number of hydrogen-bond donors (Lipinski definition) is 1. The lowest BCUT2D eigenvalue weighted by molar-refractivity contribution is 0.781. The van der Waals surface area contributed by atoms with Crippen LogP contribution in [0.4, 0.5) is 5.82 Å². The Kier molecular flexibility index (Phi) is 3.53. The first-order valence-corrected chi connectivity index (χ1v) is 7.15. The molecule has 0 amide bonds. The lowest BCUT2D eigenvalue weighted by Crippen LogP contribution is -1.99. The monoisotopic (exact) mass is 347 g/mol. The van der Waals surface area contributed by atoms with E-state index in [0.29, 0.717) is 0 Å². The number of rotatable bonds is 3. The fourth-order valence-electron chi connectivity index (χ4n) is 1.74. The van der Waals surface area contributed by atoms with Crippen LogP contribution in [0.2, 0.25) is 0 Å². The molecule has 0 radical (unpaired) electrons. The number of nitrogen functional groups attached to an aromatic ring is 1. The lowest BCUT2D eigenvalue weighted by atomic mass is 10.1. The summed E-state index contributed by atoms with van der Waals surface area (Å²) in [7, 11) is 1.90. The van der Waals surface area contributed by atoms with Gasteiger partial charge in [0.25, 0.3) is 0 Å². The molecule has 0 unspecified atom stereocenters. The van der Waals surface area contributed by atoms with Gasteiger partial charge in [-0.2, -0.15) is 5.10 Å². The van der Waals surface area contributed by atoms with Crippen LogP contribution in [-0.2, 0) is 13.5 Å². The molecule has 2 aromatic heterocycles. The third-order valence-corrected chi connectivity index (χ3v) is 4.32. The Balaban J connectivity index is 2.51. The minimum absolute atomic E-state index is 0.790. The highest BCUT2D eigenvalue weighted by Gasteiger charge is 2.15. The Labute approximate surface area is 113 Å². The SMILES string of the molecule is CCCc1c(-c2csc(I)c2)nn(C)c1N. The lowest BCUT2D eigenvalue weighted by Gasteiger charge is -1.99. The van der Waals surface area contributed by atoms with Crippen molar-refractivity contribution in [2.45, 2.75) is 19.8 Å². The maximum Gasteiger partial charge on any atom is 0.125 e. The molecule has 0 saturated heterocycles. The number of nitrogens with zero attached hydrogens (tertiary/aromatic N) is 2. The van der Waals surface area contributed by atoms with Crippen molar-refractivity contribution in [3.05, 3.63) is 19.9 Å². The summed E-state index contributed by atoms with van der Waals surface area (Å²) in [5.41, 5.74) is 9.44. The second kappa shape index (κ2) is 4.75. The zero-order chi connectivity index (χ0) is 11.7. The molecular formula is C11H14IN3S. The van der Waals surface area contributed by atoms with Gasteiger partial charge in [0.1, 0.15) is 5.82 Å². The summed E-state index contributed by atoms with van der Waals surface area (Å²) in [5.74, 6) is 0.790. The molecule has 16 heavy (non-hydrogen) atoms. The smallest absolute Gasteiger partial charge is 0.125 e. The average molecular weight is 347 g/mol. The zero-order valence-corrected chi connectivity index (χ0v) is 12.3. The molecule has 2 heterocycles. The molecule has 5 heteroatoms. The van der Waals surface area contributed by atoms with Gasteiger partial charge in [0, 0.05) is 23.6 Å². The van der Waals surface area contributed by atoms with Gasteiger partial charge in [-0.3, -0.25) is 4.68 Å². The maximum atomic E-state index is 6.04. The maximum absolute atomic E-state index is 6.04. The Bertz CT molecular complexity index is 501. The number of thiophene rings is 1. The second-order valence-corrected chi connectivity index (χ2v) is 6.53. The third kappa shape index (κ3) is 2.10. The van der Waals surface area contributed by atoms with Gasteiger partial charge in [-0.1, -0.05) is 13.3 Å². The number of halogens is 1. The molecule has 0 aromatic carbocycles. The number of aryl methyl sites for hydroxylation is 1. The fourth-order valence-corrected chi connectivity index (χ4v) is 3.07. The van der Waals surface area contributed by atoms with Gasteiger partial charge < -0.3 is 5.73 Å². The minimum Gasteiger partial charge on any atom is -0.384 e. The molecule has 0 saturated carbocycles. The Hall–Kier alpha value is -0.560. The van der Waals surface area contributed by atoms with Gasteiger partial charge in [-0.05, 0) is 35.1 Å². The molecule has 86 valence electrons. The molecule has 0 aliphatic carbocycles. The van der Waals surface area contributed by atoms with Crippen molar-refractivity contribution in [2.75, 3.05) is 5.73 Å². The molecule has 2 N–H and O–H groups in total. The highest BCUT2D eigenvalue weighted by atomic mass is 127. The van der Waals surface area contributed by atoms with Crippen molar-refractivity contribution in [3.8, 4) is 11.3 Å². The van der Waals surface area contributed by atoms with Crippen LogP contribution in [-0.4, -0.2) is 9.78 Å². The van der Waals surface area contributed by atoms with Crippen LogP contribution in [0.1, 0.15) is 18.9 Å². The van der Waals surface area contributed by atoms with Gasteiger partial charge in [-0.25, -0.2) is 0 Å². The van der Waals surface area contributed by atoms with E-state index < -0.39 is 0 Å². The molecular weight excluding hydrogens is 333 g/mol. The van der Waals surface area contributed by atoms with Crippen molar-refractivity contribution in [2.24, 2.45) is 7.05 Å². The Morgan fingerprint density at radius 3 is 2.88 bits per heavy atom. The van der Waals surface area contributed by atoms with E-state index in [2.05, 4.69) is 46.1 Å². The first kappa shape index (κ1) is 11.9. The first-order chi connectivity index (χ1) is 7.63. The van der Waals surface area contributed by atoms with Crippen molar-refractivity contribution < 1.29 is 0 Å². The van der Waals surface area contributed by atoms with E-state index in [1.54, 1.807) is 16.0 Å². The standard InChI is InChI=1S/C11H14IN3S/c1-3-4-8-10(14-15(2)11(8)13)7-5-9(12)16-6-7/h5-6H,3-4,13H2,1-2H3. The van der Waals surface area contributed by atoms with Crippen LogP contribution in [0.25, 0.3) is 11.3 Å². The van der Waals surface area contributed by atoms with Crippen LogP contribution in [0.15, 0.2) is 11.4 Å². The summed E-state index contributed by atoms with van der Waals surface area (Å²) >= 11 is 4.07. The van der Waals surface area contributed by atoms with Crippen molar-refractivity contribution in [1.29, 1.82) is 0 Å².